The van der Waals surface area contributed by atoms with Crippen LogP contribution in [0.15, 0.2) is 22.0 Å². The summed E-state index contributed by atoms with van der Waals surface area (Å²) in [5.74, 6) is -6.65. The van der Waals surface area contributed by atoms with Gasteiger partial charge in [0.15, 0.2) is 0 Å². The van der Waals surface area contributed by atoms with E-state index in [9.17, 15) is 46.5 Å². The van der Waals surface area contributed by atoms with Crippen LogP contribution < -0.4 is 0 Å². The summed E-state index contributed by atoms with van der Waals surface area (Å²) in [6, 6.07) is 0. The minimum Gasteiger partial charge on any atom is -0.466 e. The predicted octanol–water partition coefficient (Wildman–Crippen LogP) is 0.377. The molecule has 27 heavy (non-hydrogen) atoms. The highest BCUT2D eigenvalue weighted by Gasteiger charge is 2.43. The lowest BCUT2D eigenvalue weighted by Crippen LogP contribution is -2.42. The minimum atomic E-state index is -6.03. The van der Waals surface area contributed by atoms with Gasteiger partial charge in [-0.2, -0.15) is 37.2 Å². The Labute approximate surface area is 153 Å². The van der Waals surface area contributed by atoms with E-state index in [0.717, 1.165) is 0 Å². The van der Waals surface area contributed by atoms with E-state index in [1.165, 1.54) is 6.92 Å². The summed E-state index contributed by atoms with van der Waals surface area (Å²) < 4.78 is 113. The molecule has 0 N–H and O–H groups in total. The Balaban J connectivity index is 3.90. The maximum absolute atomic E-state index is 13.7. The molecule has 154 valence electrons. The van der Waals surface area contributed by atoms with E-state index in [-0.39, 0.29) is 18.8 Å². The monoisotopic (exact) mass is 453 g/mol. The fourth-order valence-corrected chi connectivity index (χ4v) is 4.74. The van der Waals surface area contributed by atoms with E-state index in [2.05, 4.69) is 4.74 Å². The lowest BCUT2D eigenvalue weighted by atomic mass is 9.83. The zero-order valence-electron chi connectivity index (χ0n) is 13.5. The van der Waals surface area contributed by atoms with Gasteiger partial charge in [0, 0.05) is 4.91 Å². The third-order valence-corrected chi connectivity index (χ3v) is 5.96. The molecule has 2 atom stereocenters. The summed E-state index contributed by atoms with van der Waals surface area (Å²) >= 11 is 0. The van der Waals surface area contributed by atoms with Crippen LogP contribution in [0.4, 0.5) is 11.7 Å². The van der Waals surface area contributed by atoms with Crippen LogP contribution in [0.5, 0.6) is 0 Å². The lowest BCUT2D eigenvalue weighted by molar-refractivity contribution is -0.150. The second-order valence-corrected chi connectivity index (χ2v) is 9.22. The number of ketones is 1. The molecule has 0 aromatic rings. The Morgan fingerprint density at radius 1 is 1.11 bits per heavy atom. The van der Waals surface area contributed by atoms with Crippen LogP contribution >= 0.6 is 0 Å². The van der Waals surface area contributed by atoms with E-state index >= 15 is 0 Å². The van der Waals surface area contributed by atoms with Gasteiger partial charge in [-0.3, -0.25) is 4.79 Å². The van der Waals surface area contributed by atoms with Gasteiger partial charge in [-0.15, -0.1) is 11.7 Å². The molecule has 1 aliphatic rings. The first-order valence-corrected chi connectivity index (χ1v) is 11.0. The fourth-order valence-electron chi connectivity index (χ4n) is 2.28. The van der Waals surface area contributed by atoms with Crippen LogP contribution in [0.25, 0.3) is 0 Å². The molecule has 0 heterocycles. The largest absolute Gasteiger partial charge is 0.466 e. The number of carbonyl (C=O) groups is 2. The summed E-state index contributed by atoms with van der Waals surface area (Å²) in [5, 5.41) is -2.94. The van der Waals surface area contributed by atoms with Crippen molar-refractivity contribution in [1.29, 1.82) is 0 Å². The maximum Gasteiger partial charge on any atom is 0.314 e. The lowest BCUT2D eigenvalue weighted by Gasteiger charge is -2.38. The van der Waals surface area contributed by atoms with Crippen molar-refractivity contribution in [3.8, 4) is 0 Å². The first-order valence-electron chi connectivity index (χ1n) is 6.82. The Hall–Kier alpha value is -1.87. The molecule has 0 amide bonds. The molecular weight excluding hydrogens is 441 g/mol. The third-order valence-electron chi connectivity index (χ3n) is 3.27. The van der Waals surface area contributed by atoms with Crippen molar-refractivity contribution in [1.82, 2.24) is 0 Å². The molecule has 9 nitrogen and oxygen atoms in total. The van der Waals surface area contributed by atoms with Crippen LogP contribution in [-0.4, -0.2) is 48.9 Å². The summed E-state index contributed by atoms with van der Waals surface area (Å²) in [6.45, 7) is 1.56. The van der Waals surface area contributed by atoms with E-state index in [0.29, 0.717) is 6.92 Å². The minimum absolute atomic E-state index is 0.0934. The number of allylic oxidation sites excluding steroid dienone is 2. The average molecular weight is 453 g/mol. The van der Waals surface area contributed by atoms with E-state index in [1.807, 2.05) is 0 Å². The third kappa shape index (κ3) is 5.32. The molecular formula is C12H12F3O9S3-. The number of esters is 1. The van der Waals surface area contributed by atoms with Crippen LogP contribution in [0.1, 0.15) is 13.8 Å². The molecule has 1 rings (SSSR count). The molecule has 0 aliphatic heterocycles. The number of Topliss-reactive ketones (excluding diaryl/α,β-unsaturated/α-hetero) is 1. The first-order chi connectivity index (χ1) is 12.0. The summed E-state index contributed by atoms with van der Waals surface area (Å²) in [4.78, 5) is 20.2. The van der Waals surface area contributed by atoms with Crippen molar-refractivity contribution in [3.05, 3.63) is 27.9 Å². The maximum atomic E-state index is 13.7. The first kappa shape index (κ1) is 23.2. The summed E-state index contributed by atoms with van der Waals surface area (Å²) in [5.41, 5.74) is 0. The molecule has 1 aliphatic carbocycles. The Morgan fingerprint density at radius 2 is 1.63 bits per heavy atom. The summed E-state index contributed by atoms with van der Waals surface area (Å²) in [7, 11) is -17.8. The van der Waals surface area contributed by atoms with Gasteiger partial charge in [-0.05, 0) is 13.8 Å². The molecule has 15 heteroatoms. The molecule has 0 radical (unpaired) electrons. The molecule has 0 aromatic heterocycles. The highest BCUT2D eigenvalue weighted by Crippen LogP contribution is 2.42. The van der Waals surface area contributed by atoms with Crippen molar-refractivity contribution in [2.75, 3.05) is 6.61 Å². The van der Waals surface area contributed by atoms with Gasteiger partial charge < -0.3 is 9.53 Å². The average Bonchev–Trinajstić information content (AvgIpc) is 2.43. The van der Waals surface area contributed by atoms with Gasteiger partial charge in [-0.1, -0.05) is 11.0 Å². The molecule has 0 bridgehead atoms. The highest BCUT2D eigenvalue weighted by atomic mass is 32.3. The van der Waals surface area contributed by atoms with Gasteiger partial charge in [0.1, 0.15) is 5.78 Å². The SMILES string of the molecule is CCOC(=O)C(C(C)=O)[C-]1C(S(=O)(=O)F)=CC(S(=O)(=O)F)=CC1S(=O)(=O)F. The number of carbonyl (C=O) groups excluding carboxylic acids is 2. The second kappa shape index (κ2) is 7.63. The Morgan fingerprint density at radius 3 is 1.96 bits per heavy atom. The number of hydrogen-bond donors (Lipinski definition) is 0. The molecule has 0 saturated carbocycles. The predicted molar refractivity (Wildman–Crippen MR) is 84.1 cm³/mol. The quantitative estimate of drug-likeness (QED) is 0.231. The van der Waals surface area contributed by atoms with Crippen LogP contribution in [0.3, 0.4) is 0 Å². The molecule has 0 spiro atoms. The number of hydrogen-bond acceptors (Lipinski definition) is 9. The van der Waals surface area contributed by atoms with Gasteiger partial charge in [-0.25, -0.2) is 0 Å². The highest BCUT2D eigenvalue weighted by molar-refractivity contribution is 7.92. The van der Waals surface area contributed by atoms with Crippen LogP contribution in [-0.2, 0) is 45.0 Å². The van der Waals surface area contributed by atoms with Crippen molar-refractivity contribution in [2.45, 2.75) is 19.1 Å². The zero-order chi connectivity index (χ0) is 21.4. The van der Waals surface area contributed by atoms with Crippen molar-refractivity contribution in [2.24, 2.45) is 5.92 Å². The van der Waals surface area contributed by atoms with Gasteiger partial charge in [0.25, 0.3) is 20.4 Å². The fraction of sp³-hybridized carbons (Fsp3) is 0.417. The number of halogens is 3. The topological polar surface area (TPSA) is 146 Å². The van der Waals surface area contributed by atoms with Crippen molar-refractivity contribution in [3.63, 3.8) is 0 Å². The Bertz CT molecular complexity index is 1020. The Kier molecular flexibility index (Phi) is 6.55. The van der Waals surface area contributed by atoms with Gasteiger partial charge in [0.05, 0.1) is 17.8 Å². The summed E-state index contributed by atoms with van der Waals surface area (Å²) in [6.07, 6.45) is -0.249. The smallest absolute Gasteiger partial charge is 0.314 e. The molecule has 0 fully saturated rings. The van der Waals surface area contributed by atoms with Crippen molar-refractivity contribution >= 4 is 42.4 Å². The van der Waals surface area contributed by atoms with Gasteiger partial charge in [0.2, 0.25) is 0 Å². The number of rotatable bonds is 7. The standard InChI is InChI=1S/C12H12F3O9S3/c1-3-24-12(17)10(6(2)16)11-8(26(14,20)21)4-7(25(13,18)19)5-9(11)27(15,22)23/h4-5,8,10H,3H2,1-2H3/q-1. The van der Waals surface area contributed by atoms with E-state index in [1.54, 1.807) is 0 Å². The van der Waals surface area contributed by atoms with E-state index < -0.39 is 69.3 Å². The normalized spacial score (nSPS) is 19.7. The van der Waals surface area contributed by atoms with Crippen LogP contribution in [0.2, 0.25) is 0 Å². The molecule has 0 aromatic carbocycles. The zero-order valence-corrected chi connectivity index (χ0v) is 16.0. The van der Waals surface area contributed by atoms with E-state index in [4.69, 9.17) is 0 Å². The van der Waals surface area contributed by atoms with Crippen LogP contribution in [0, 0.1) is 11.8 Å². The second-order valence-electron chi connectivity index (χ2n) is 5.10. The number of ether oxygens (including phenoxy) is 1. The van der Waals surface area contributed by atoms with Crippen molar-refractivity contribution < 1.29 is 51.2 Å². The van der Waals surface area contributed by atoms with Gasteiger partial charge >= 0.3 is 16.2 Å². The molecule has 2 unspecified atom stereocenters. The molecule has 0 saturated heterocycles.